The van der Waals surface area contributed by atoms with E-state index in [1.807, 2.05) is 0 Å². The Balaban J connectivity index is 1.71. The smallest absolute Gasteiger partial charge is 0.229 e. The van der Waals surface area contributed by atoms with E-state index in [0.717, 1.165) is 0 Å². The van der Waals surface area contributed by atoms with E-state index in [-0.39, 0.29) is 0 Å². The van der Waals surface area contributed by atoms with Gasteiger partial charge in [-0.25, -0.2) is 0 Å². The Morgan fingerprint density at radius 2 is 1.30 bits per heavy atom. The predicted octanol–water partition coefficient (Wildman–Crippen LogP) is -3.73. The number of rotatable bonds is 6. The zero-order valence-corrected chi connectivity index (χ0v) is 15.8. The molecule has 2 aliphatic rings. The number of nitrogens with two attached hydrogens (primary N) is 1. The van der Waals surface area contributed by atoms with Crippen LogP contribution in [-0.4, -0.2) is 110 Å². The molecule has 0 bridgehead atoms. The van der Waals surface area contributed by atoms with Crippen molar-refractivity contribution in [2.45, 2.75) is 61.4 Å². The van der Waals surface area contributed by atoms with Crippen LogP contribution >= 0.6 is 0 Å². The number of aliphatic hydroxyl groups is 7. The SMILES string of the molecule is Nc1ccc(OC2O[C@H](CO)[C@@H](OC3O[C@H](CO)[C@H](O)[C@H](O)[C@H]3O)[C@H](O)[C@H]2O)cc1. The van der Waals surface area contributed by atoms with Crippen molar-refractivity contribution < 1.29 is 54.7 Å². The Morgan fingerprint density at radius 1 is 0.733 bits per heavy atom. The van der Waals surface area contributed by atoms with Gasteiger partial charge in [0.15, 0.2) is 6.29 Å². The lowest BCUT2D eigenvalue weighted by atomic mass is 9.97. The third kappa shape index (κ3) is 4.68. The van der Waals surface area contributed by atoms with Gasteiger partial charge >= 0.3 is 0 Å². The highest BCUT2D eigenvalue weighted by Gasteiger charge is 2.51. The van der Waals surface area contributed by atoms with Gasteiger partial charge in [0.25, 0.3) is 0 Å². The molecule has 10 atom stereocenters. The molecular weight excluding hydrogens is 406 g/mol. The van der Waals surface area contributed by atoms with Gasteiger partial charge in [-0.2, -0.15) is 0 Å². The van der Waals surface area contributed by atoms with Gasteiger partial charge in [-0.1, -0.05) is 0 Å². The first-order chi connectivity index (χ1) is 14.3. The van der Waals surface area contributed by atoms with E-state index < -0.39 is 74.6 Å². The Hall–Kier alpha value is -1.58. The maximum Gasteiger partial charge on any atom is 0.229 e. The van der Waals surface area contributed by atoms with Gasteiger partial charge in [0.2, 0.25) is 6.29 Å². The second-order valence-corrected chi connectivity index (χ2v) is 7.19. The molecule has 2 saturated heterocycles. The molecule has 2 heterocycles. The fourth-order valence-corrected chi connectivity index (χ4v) is 3.33. The molecular formula is C18H27NO11. The minimum absolute atomic E-state index is 0.297. The number of hydrogen-bond acceptors (Lipinski definition) is 12. The number of anilines is 1. The Morgan fingerprint density at radius 3 is 1.90 bits per heavy atom. The van der Waals surface area contributed by atoms with E-state index in [4.69, 9.17) is 24.7 Å². The van der Waals surface area contributed by atoms with E-state index in [0.29, 0.717) is 11.4 Å². The summed E-state index contributed by atoms with van der Waals surface area (Å²) in [6.45, 7) is -1.31. The van der Waals surface area contributed by atoms with Gasteiger partial charge in [0.1, 0.15) is 54.6 Å². The van der Waals surface area contributed by atoms with Gasteiger partial charge in [0.05, 0.1) is 13.2 Å². The maximum absolute atomic E-state index is 10.5. The first kappa shape index (κ1) is 23.1. The van der Waals surface area contributed by atoms with Gasteiger partial charge in [0, 0.05) is 5.69 Å². The van der Waals surface area contributed by atoms with Crippen LogP contribution in [0.3, 0.4) is 0 Å². The summed E-state index contributed by atoms with van der Waals surface area (Å²) < 4.78 is 21.7. The van der Waals surface area contributed by atoms with Gasteiger partial charge in [-0.3, -0.25) is 0 Å². The summed E-state index contributed by atoms with van der Waals surface area (Å²) in [5, 5.41) is 69.7. The molecule has 170 valence electrons. The van der Waals surface area contributed by atoms with Crippen molar-refractivity contribution in [3.8, 4) is 5.75 Å². The highest BCUT2D eigenvalue weighted by molar-refractivity contribution is 5.41. The van der Waals surface area contributed by atoms with E-state index >= 15 is 0 Å². The zero-order chi connectivity index (χ0) is 22.0. The van der Waals surface area contributed by atoms with Crippen molar-refractivity contribution in [1.29, 1.82) is 0 Å². The number of hydrogen-bond donors (Lipinski definition) is 8. The fourth-order valence-electron chi connectivity index (χ4n) is 3.33. The summed E-state index contributed by atoms with van der Waals surface area (Å²) in [6.07, 6.45) is -15.0. The molecule has 12 heteroatoms. The van der Waals surface area contributed by atoms with E-state index in [9.17, 15) is 35.7 Å². The average Bonchev–Trinajstić information content (AvgIpc) is 2.74. The predicted molar refractivity (Wildman–Crippen MR) is 97.9 cm³/mol. The van der Waals surface area contributed by atoms with Crippen LogP contribution in [0.5, 0.6) is 5.75 Å². The van der Waals surface area contributed by atoms with Crippen molar-refractivity contribution in [2.75, 3.05) is 18.9 Å². The lowest BCUT2D eigenvalue weighted by Crippen LogP contribution is -2.65. The average molecular weight is 433 g/mol. The first-order valence-corrected chi connectivity index (χ1v) is 9.37. The normalized spacial score (nSPS) is 42.1. The molecule has 0 aliphatic carbocycles. The number of benzene rings is 1. The molecule has 1 aromatic rings. The molecule has 2 fully saturated rings. The molecule has 0 aromatic heterocycles. The lowest BCUT2D eigenvalue weighted by Gasteiger charge is -2.45. The Bertz CT molecular complexity index is 673. The summed E-state index contributed by atoms with van der Waals surface area (Å²) in [7, 11) is 0. The Kier molecular flexibility index (Phi) is 7.47. The summed E-state index contributed by atoms with van der Waals surface area (Å²) in [5.41, 5.74) is 6.10. The summed E-state index contributed by atoms with van der Waals surface area (Å²) in [5.74, 6) is 0.297. The highest BCUT2D eigenvalue weighted by atomic mass is 16.7. The maximum atomic E-state index is 10.5. The van der Waals surface area contributed by atoms with Crippen molar-refractivity contribution in [2.24, 2.45) is 0 Å². The molecule has 0 saturated carbocycles. The minimum Gasteiger partial charge on any atom is -0.462 e. The largest absolute Gasteiger partial charge is 0.462 e. The van der Waals surface area contributed by atoms with Crippen molar-refractivity contribution in [3.63, 3.8) is 0 Å². The van der Waals surface area contributed by atoms with Crippen LogP contribution in [0.25, 0.3) is 0 Å². The van der Waals surface area contributed by atoms with E-state index in [2.05, 4.69) is 0 Å². The molecule has 1 aromatic carbocycles. The second-order valence-electron chi connectivity index (χ2n) is 7.19. The fraction of sp³-hybridized carbons (Fsp3) is 0.667. The molecule has 12 nitrogen and oxygen atoms in total. The molecule has 30 heavy (non-hydrogen) atoms. The monoisotopic (exact) mass is 433 g/mol. The summed E-state index contributed by atoms with van der Waals surface area (Å²) >= 11 is 0. The molecule has 0 spiro atoms. The molecule has 2 unspecified atom stereocenters. The number of ether oxygens (including phenoxy) is 4. The van der Waals surface area contributed by atoms with E-state index in [1.54, 1.807) is 12.1 Å². The second kappa shape index (κ2) is 9.70. The first-order valence-electron chi connectivity index (χ1n) is 9.37. The van der Waals surface area contributed by atoms with Crippen molar-refractivity contribution >= 4 is 5.69 Å². The standard InChI is InChI=1S/C18H27NO11/c19-7-1-3-8(4-2-7)27-17-15(26)13(24)16(10(6-21)29-17)30-18-14(25)12(23)11(22)9(5-20)28-18/h1-4,9-18,20-26H,5-6,19H2/t9-,10-,11+,12+,13-,14-,15-,16-,17?,18?/m1/s1. The van der Waals surface area contributed by atoms with Crippen LogP contribution in [0.2, 0.25) is 0 Å². The molecule has 0 radical (unpaired) electrons. The van der Waals surface area contributed by atoms with Crippen LogP contribution < -0.4 is 10.5 Å². The zero-order valence-electron chi connectivity index (χ0n) is 15.8. The molecule has 2 aliphatic heterocycles. The van der Waals surface area contributed by atoms with Gasteiger partial charge < -0.3 is 60.4 Å². The van der Waals surface area contributed by atoms with Gasteiger partial charge in [-0.05, 0) is 24.3 Å². The van der Waals surface area contributed by atoms with Crippen molar-refractivity contribution in [1.82, 2.24) is 0 Å². The summed E-state index contributed by atoms with van der Waals surface area (Å²) in [6, 6.07) is 6.19. The third-order valence-corrected chi connectivity index (χ3v) is 5.09. The molecule has 3 rings (SSSR count). The quantitative estimate of drug-likeness (QED) is 0.204. The van der Waals surface area contributed by atoms with Gasteiger partial charge in [-0.15, -0.1) is 0 Å². The Labute approximate surface area is 171 Å². The van der Waals surface area contributed by atoms with Crippen LogP contribution in [0.4, 0.5) is 5.69 Å². The highest BCUT2D eigenvalue weighted by Crippen LogP contribution is 2.30. The van der Waals surface area contributed by atoms with Crippen LogP contribution in [0.15, 0.2) is 24.3 Å². The molecule has 0 amide bonds. The minimum atomic E-state index is -1.73. The third-order valence-electron chi connectivity index (χ3n) is 5.09. The molecule has 9 N–H and O–H groups in total. The lowest BCUT2D eigenvalue weighted by molar-refractivity contribution is -0.352. The summed E-state index contributed by atoms with van der Waals surface area (Å²) in [4.78, 5) is 0. The van der Waals surface area contributed by atoms with E-state index in [1.165, 1.54) is 12.1 Å². The van der Waals surface area contributed by atoms with Crippen LogP contribution in [0, 0.1) is 0 Å². The van der Waals surface area contributed by atoms with Crippen LogP contribution in [0.1, 0.15) is 0 Å². The number of aliphatic hydroxyl groups excluding tert-OH is 7. The topological polar surface area (TPSA) is 205 Å². The number of nitrogen functional groups attached to an aromatic ring is 1. The van der Waals surface area contributed by atoms with Crippen molar-refractivity contribution in [3.05, 3.63) is 24.3 Å². The van der Waals surface area contributed by atoms with Crippen LogP contribution in [-0.2, 0) is 14.2 Å².